The highest BCUT2D eigenvalue weighted by Crippen LogP contribution is 2.24. The highest BCUT2D eigenvalue weighted by Gasteiger charge is 2.13. The molecule has 2 rings (SSSR count). The number of nitrogens with zero attached hydrogens (tertiary/aromatic N) is 4. The van der Waals surface area contributed by atoms with E-state index in [9.17, 15) is 4.79 Å². The largest absolute Gasteiger partial charge is 0.466 e. The van der Waals surface area contributed by atoms with E-state index in [2.05, 4.69) is 20.1 Å². The molecule has 0 amide bonds. The van der Waals surface area contributed by atoms with Crippen LogP contribution < -0.4 is 4.90 Å². The van der Waals surface area contributed by atoms with Crippen molar-refractivity contribution in [1.29, 1.82) is 0 Å². The van der Waals surface area contributed by atoms with Crippen LogP contribution in [0.2, 0.25) is 0 Å². The zero-order chi connectivity index (χ0) is 16.3. The van der Waals surface area contributed by atoms with Crippen molar-refractivity contribution in [2.24, 2.45) is 0 Å². The van der Waals surface area contributed by atoms with Crippen molar-refractivity contribution in [3.05, 3.63) is 29.9 Å². The monoisotopic (exact) mass is 334 g/mol. The van der Waals surface area contributed by atoms with Crippen LogP contribution in [0.1, 0.15) is 39.0 Å². The fraction of sp³-hybridized carbons (Fsp3) is 0.500. The maximum absolute atomic E-state index is 11.3. The van der Waals surface area contributed by atoms with E-state index in [0.29, 0.717) is 13.0 Å². The summed E-state index contributed by atoms with van der Waals surface area (Å²) in [5.41, 5.74) is 1.73. The van der Waals surface area contributed by atoms with Crippen molar-refractivity contribution in [3.8, 4) is 0 Å². The summed E-state index contributed by atoms with van der Waals surface area (Å²) < 4.78 is 4.92. The molecule has 2 heterocycles. The van der Waals surface area contributed by atoms with Crippen LogP contribution in [0.5, 0.6) is 0 Å². The molecule has 0 aromatic carbocycles. The van der Waals surface area contributed by atoms with E-state index >= 15 is 0 Å². The summed E-state index contributed by atoms with van der Waals surface area (Å²) in [5.74, 6) is 0.784. The summed E-state index contributed by atoms with van der Waals surface area (Å²) in [6.07, 6.45) is 6.25. The van der Waals surface area contributed by atoms with Crippen molar-refractivity contribution >= 4 is 28.3 Å². The Bertz CT molecular complexity index is 563. The number of hydrogen-bond acceptors (Lipinski definition) is 7. The minimum atomic E-state index is -0.100. The number of aromatic nitrogens is 3. The Morgan fingerprint density at radius 1 is 1.26 bits per heavy atom. The minimum absolute atomic E-state index is 0.100. The molecule has 0 N–H and O–H groups in total. The smallest absolute Gasteiger partial charge is 0.305 e. The lowest BCUT2D eigenvalue weighted by atomic mass is 10.1. The van der Waals surface area contributed by atoms with Crippen LogP contribution in [0.25, 0.3) is 0 Å². The summed E-state index contributed by atoms with van der Waals surface area (Å²) in [4.78, 5) is 17.8. The molecule has 0 spiro atoms. The first-order chi connectivity index (χ1) is 11.3. The van der Waals surface area contributed by atoms with Crippen LogP contribution in [0.4, 0.5) is 10.9 Å². The Kier molecular flexibility index (Phi) is 7.45. The van der Waals surface area contributed by atoms with Gasteiger partial charge in [0, 0.05) is 19.2 Å². The van der Waals surface area contributed by atoms with Gasteiger partial charge in [0.15, 0.2) is 0 Å². The van der Waals surface area contributed by atoms with E-state index in [4.69, 9.17) is 4.74 Å². The third kappa shape index (κ3) is 5.94. The van der Waals surface area contributed by atoms with E-state index in [1.165, 1.54) is 11.3 Å². The first-order valence-corrected chi connectivity index (χ1v) is 8.79. The fourth-order valence-electron chi connectivity index (χ4n) is 2.23. The van der Waals surface area contributed by atoms with Crippen LogP contribution in [0.15, 0.2) is 29.9 Å². The number of esters is 1. The summed E-state index contributed by atoms with van der Waals surface area (Å²) in [6.45, 7) is 3.13. The average molecular weight is 334 g/mol. The standard InChI is InChI=1S/C16H22N4O2S/c1-2-22-15(21)10-5-3-4-8-12-20(16-19-18-13-23-16)14-9-6-7-11-17-14/h6-7,9,11,13H,2-5,8,10,12H2,1H3. The predicted octanol–water partition coefficient (Wildman–Crippen LogP) is 3.58. The second-order valence-corrected chi connectivity index (χ2v) is 5.84. The van der Waals surface area contributed by atoms with Gasteiger partial charge in [-0.3, -0.25) is 4.79 Å². The van der Waals surface area contributed by atoms with Gasteiger partial charge in [0.1, 0.15) is 11.3 Å². The van der Waals surface area contributed by atoms with E-state index in [0.717, 1.165) is 43.2 Å². The van der Waals surface area contributed by atoms with Gasteiger partial charge in [-0.1, -0.05) is 30.2 Å². The number of carbonyl (C=O) groups is 1. The predicted molar refractivity (Wildman–Crippen MR) is 90.9 cm³/mol. The molecule has 0 bridgehead atoms. The molecule has 23 heavy (non-hydrogen) atoms. The summed E-state index contributed by atoms with van der Waals surface area (Å²) >= 11 is 1.51. The van der Waals surface area contributed by atoms with Crippen molar-refractivity contribution < 1.29 is 9.53 Å². The number of ether oxygens (including phenoxy) is 1. The fourth-order valence-corrected chi connectivity index (χ4v) is 2.83. The van der Waals surface area contributed by atoms with Crippen molar-refractivity contribution in [2.75, 3.05) is 18.1 Å². The van der Waals surface area contributed by atoms with Crippen molar-refractivity contribution in [2.45, 2.75) is 39.0 Å². The van der Waals surface area contributed by atoms with Gasteiger partial charge in [0.2, 0.25) is 5.13 Å². The molecule has 0 aliphatic rings. The Labute approximate surface area is 140 Å². The van der Waals surface area contributed by atoms with Crippen LogP contribution >= 0.6 is 11.3 Å². The Balaban J connectivity index is 1.76. The molecule has 0 saturated carbocycles. The first kappa shape index (κ1) is 17.3. The Morgan fingerprint density at radius 2 is 2.13 bits per heavy atom. The third-order valence-corrected chi connectivity index (χ3v) is 4.04. The lowest BCUT2D eigenvalue weighted by Gasteiger charge is -2.20. The van der Waals surface area contributed by atoms with Gasteiger partial charge >= 0.3 is 5.97 Å². The third-order valence-electron chi connectivity index (χ3n) is 3.32. The summed E-state index contributed by atoms with van der Waals surface area (Å²) in [5, 5.41) is 8.91. The molecule has 0 unspecified atom stereocenters. The van der Waals surface area contributed by atoms with Gasteiger partial charge in [0.05, 0.1) is 6.61 Å². The molecule has 2 aromatic heterocycles. The molecule has 2 aromatic rings. The summed E-state index contributed by atoms with van der Waals surface area (Å²) in [6, 6.07) is 5.84. The molecule has 0 radical (unpaired) electrons. The van der Waals surface area contributed by atoms with Gasteiger partial charge in [-0.15, -0.1) is 10.2 Å². The number of pyridine rings is 1. The van der Waals surface area contributed by atoms with Crippen LogP contribution in [-0.2, 0) is 9.53 Å². The lowest BCUT2D eigenvalue weighted by Crippen LogP contribution is -2.19. The maximum Gasteiger partial charge on any atom is 0.305 e. The van der Waals surface area contributed by atoms with Crippen LogP contribution in [0.3, 0.4) is 0 Å². The molecular formula is C16H22N4O2S. The zero-order valence-corrected chi connectivity index (χ0v) is 14.2. The van der Waals surface area contributed by atoms with E-state index in [1.54, 1.807) is 11.7 Å². The van der Waals surface area contributed by atoms with Crippen molar-refractivity contribution in [3.63, 3.8) is 0 Å². The maximum atomic E-state index is 11.3. The number of hydrogen-bond donors (Lipinski definition) is 0. The highest BCUT2D eigenvalue weighted by molar-refractivity contribution is 7.13. The van der Waals surface area contributed by atoms with Gasteiger partial charge in [-0.05, 0) is 31.9 Å². The minimum Gasteiger partial charge on any atom is -0.466 e. The number of anilines is 2. The molecule has 0 aliphatic heterocycles. The summed E-state index contributed by atoms with van der Waals surface area (Å²) in [7, 11) is 0. The van der Waals surface area contributed by atoms with Gasteiger partial charge in [-0.25, -0.2) is 4.98 Å². The zero-order valence-electron chi connectivity index (χ0n) is 13.4. The molecule has 6 nitrogen and oxygen atoms in total. The molecule has 0 fully saturated rings. The lowest BCUT2D eigenvalue weighted by molar-refractivity contribution is -0.143. The van der Waals surface area contributed by atoms with Crippen molar-refractivity contribution in [1.82, 2.24) is 15.2 Å². The van der Waals surface area contributed by atoms with Gasteiger partial charge < -0.3 is 9.64 Å². The normalized spacial score (nSPS) is 10.5. The molecule has 0 atom stereocenters. The number of unbranched alkanes of at least 4 members (excludes halogenated alkanes) is 3. The van der Waals surface area contributed by atoms with Crippen LogP contribution in [-0.4, -0.2) is 34.3 Å². The second kappa shape index (κ2) is 9.89. The quantitative estimate of drug-likeness (QED) is 0.488. The second-order valence-electron chi connectivity index (χ2n) is 5.03. The topological polar surface area (TPSA) is 68.2 Å². The Morgan fingerprint density at radius 3 is 2.83 bits per heavy atom. The van der Waals surface area contributed by atoms with E-state index in [-0.39, 0.29) is 5.97 Å². The molecular weight excluding hydrogens is 312 g/mol. The molecule has 7 heteroatoms. The van der Waals surface area contributed by atoms with Crippen LogP contribution in [0, 0.1) is 0 Å². The molecule has 124 valence electrons. The van der Waals surface area contributed by atoms with Gasteiger partial charge in [0.25, 0.3) is 0 Å². The molecule has 0 saturated heterocycles. The average Bonchev–Trinajstić information content (AvgIpc) is 3.09. The SMILES string of the molecule is CCOC(=O)CCCCCCN(c1ccccn1)c1nncs1. The molecule has 0 aliphatic carbocycles. The first-order valence-electron chi connectivity index (χ1n) is 7.91. The van der Waals surface area contributed by atoms with E-state index < -0.39 is 0 Å². The number of carbonyl (C=O) groups excluding carboxylic acids is 1. The highest BCUT2D eigenvalue weighted by atomic mass is 32.1. The van der Waals surface area contributed by atoms with E-state index in [1.807, 2.05) is 25.1 Å². The number of rotatable bonds is 10. The van der Waals surface area contributed by atoms with Gasteiger partial charge in [-0.2, -0.15) is 0 Å². The Hall–Kier alpha value is -2.02.